The Morgan fingerprint density at radius 1 is 1.50 bits per heavy atom. The Labute approximate surface area is 128 Å². The molecule has 20 heavy (non-hydrogen) atoms. The van der Waals surface area contributed by atoms with E-state index in [-0.39, 0.29) is 6.04 Å². The van der Waals surface area contributed by atoms with E-state index in [9.17, 15) is 0 Å². The van der Waals surface area contributed by atoms with Crippen molar-refractivity contribution in [2.75, 3.05) is 12.8 Å². The topological polar surface area (TPSA) is 27.8 Å². The van der Waals surface area contributed by atoms with Crippen LogP contribution in [0.3, 0.4) is 0 Å². The second kappa shape index (κ2) is 5.68. The van der Waals surface area contributed by atoms with E-state index in [1.165, 1.54) is 21.5 Å². The van der Waals surface area contributed by atoms with E-state index in [0.29, 0.717) is 0 Å². The molecule has 1 atom stereocenters. The van der Waals surface area contributed by atoms with Gasteiger partial charge in [-0.3, -0.25) is 0 Å². The second-order valence-electron chi connectivity index (χ2n) is 4.85. The molecule has 2 heterocycles. The maximum absolute atomic E-state index is 6.14. The van der Waals surface area contributed by atoms with Crippen molar-refractivity contribution in [2.24, 2.45) is 0 Å². The highest BCUT2D eigenvalue weighted by molar-refractivity contribution is 8.02. The van der Waals surface area contributed by atoms with Gasteiger partial charge in [0.1, 0.15) is 0 Å². The maximum atomic E-state index is 6.14. The lowest BCUT2D eigenvalue weighted by Crippen LogP contribution is -2.30. The quantitative estimate of drug-likeness (QED) is 0.820. The summed E-state index contributed by atoms with van der Waals surface area (Å²) in [5.74, 6) is 0. The third kappa shape index (κ3) is 2.30. The molecular formula is C16H17ClN2S. The number of allylic oxidation sites excluding steroid dienone is 2. The van der Waals surface area contributed by atoms with Gasteiger partial charge in [-0.1, -0.05) is 30.3 Å². The van der Waals surface area contributed by atoms with Crippen molar-refractivity contribution < 1.29 is 0 Å². The number of thioether (sulfide) groups is 1. The molecule has 2 nitrogen and oxygen atoms in total. The summed E-state index contributed by atoms with van der Waals surface area (Å²) >= 11 is 7.89. The van der Waals surface area contributed by atoms with E-state index < -0.39 is 0 Å². The van der Waals surface area contributed by atoms with Crippen LogP contribution in [-0.4, -0.2) is 17.8 Å². The molecule has 0 radical (unpaired) electrons. The largest absolute Gasteiger partial charge is 0.357 e. The van der Waals surface area contributed by atoms with E-state index >= 15 is 0 Å². The van der Waals surface area contributed by atoms with Crippen molar-refractivity contribution in [1.82, 2.24) is 10.3 Å². The molecule has 1 aromatic heterocycles. The van der Waals surface area contributed by atoms with Crippen molar-refractivity contribution in [3.8, 4) is 0 Å². The molecule has 0 saturated heterocycles. The normalized spacial score (nSPS) is 19.1. The zero-order chi connectivity index (χ0) is 14.1. The molecule has 2 aromatic rings. The summed E-state index contributed by atoms with van der Waals surface area (Å²) in [7, 11) is 0. The van der Waals surface area contributed by atoms with Crippen LogP contribution in [0.4, 0.5) is 0 Å². The lowest BCUT2D eigenvalue weighted by atomic mass is 9.99. The van der Waals surface area contributed by atoms with Gasteiger partial charge in [-0.15, -0.1) is 11.8 Å². The summed E-state index contributed by atoms with van der Waals surface area (Å²) in [5.41, 5.74) is 3.80. The third-order valence-corrected chi connectivity index (χ3v) is 4.79. The van der Waals surface area contributed by atoms with Gasteiger partial charge in [-0.05, 0) is 36.4 Å². The van der Waals surface area contributed by atoms with Gasteiger partial charge >= 0.3 is 0 Å². The lowest BCUT2D eigenvalue weighted by Gasteiger charge is -2.25. The molecule has 0 amide bonds. The standard InChI is InChI=1S/C16H17ClN2S/c1-3-4-14(20-2)16-15-11(7-8-18-16)12-9-10(17)5-6-13(12)19-15/h3-6,9,16,18-19H,1,7-8H2,2H3/b14-4-. The highest BCUT2D eigenvalue weighted by Crippen LogP contribution is 2.37. The molecule has 1 aromatic carbocycles. The number of hydrogen-bond donors (Lipinski definition) is 2. The fourth-order valence-electron chi connectivity index (χ4n) is 2.84. The van der Waals surface area contributed by atoms with Crippen LogP contribution in [0.1, 0.15) is 17.3 Å². The van der Waals surface area contributed by atoms with E-state index in [0.717, 1.165) is 23.5 Å². The van der Waals surface area contributed by atoms with E-state index in [2.05, 4.69) is 41.3 Å². The first-order valence-electron chi connectivity index (χ1n) is 6.64. The fourth-order valence-corrected chi connectivity index (χ4v) is 3.68. The monoisotopic (exact) mass is 304 g/mol. The molecular weight excluding hydrogens is 288 g/mol. The van der Waals surface area contributed by atoms with Crippen molar-refractivity contribution in [3.05, 3.63) is 58.1 Å². The summed E-state index contributed by atoms with van der Waals surface area (Å²) in [6, 6.07) is 6.27. The lowest BCUT2D eigenvalue weighted by molar-refractivity contribution is 0.568. The molecule has 0 aliphatic carbocycles. The first-order chi connectivity index (χ1) is 9.74. The van der Waals surface area contributed by atoms with Crippen molar-refractivity contribution >= 4 is 34.3 Å². The van der Waals surface area contributed by atoms with Crippen LogP contribution in [-0.2, 0) is 6.42 Å². The zero-order valence-electron chi connectivity index (χ0n) is 11.4. The molecule has 1 unspecified atom stereocenters. The molecule has 1 aliphatic rings. The molecule has 0 spiro atoms. The number of aromatic amines is 1. The average Bonchev–Trinajstić information content (AvgIpc) is 2.83. The van der Waals surface area contributed by atoms with Gasteiger partial charge in [0.25, 0.3) is 0 Å². The smallest absolute Gasteiger partial charge is 0.0791 e. The number of fused-ring (bicyclic) bond motifs is 3. The summed E-state index contributed by atoms with van der Waals surface area (Å²) in [6.45, 7) is 4.79. The minimum atomic E-state index is 0.220. The van der Waals surface area contributed by atoms with E-state index in [1.54, 1.807) is 11.8 Å². The van der Waals surface area contributed by atoms with Crippen molar-refractivity contribution in [3.63, 3.8) is 0 Å². The van der Waals surface area contributed by atoms with Crippen LogP contribution in [0, 0.1) is 0 Å². The number of hydrogen-bond acceptors (Lipinski definition) is 2. The van der Waals surface area contributed by atoms with Gasteiger partial charge in [-0.2, -0.15) is 0 Å². The predicted molar refractivity (Wildman–Crippen MR) is 89.6 cm³/mol. The highest BCUT2D eigenvalue weighted by atomic mass is 35.5. The Bertz CT molecular complexity index is 687. The molecule has 2 N–H and O–H groups in total. The van der Waals surface area contributed by atoms with Crippen LogP contribution in [0.15, 0.2) is 41.8 Å². The number of aromatic nitrogens is 1. The van der Waals surface area contributed by atoms with Gasteiger partial charge < -0.3 is 10.3 Å². The first kappa shape index (κ1) is 13.8. The minimum absolute atomic E-state index is 0.220. The van der Waals surface area contributed by atoms with Gasteiger partial charge in [-0.25, -0.2) is 0 Å². The molecule has 4 heteroatoms. The Kier molecular flexibility index (Phi) is 3.92. The van der Waals surface area contributed by atoms with Crippen LogP contribution in [0.5, 0.6) is 0 Å². The van der Waals surface area contributed by atoms with Gasteiger partial charge in [0.05, 0.1) is 6.04 Å². The predicted octanol–water partition coefficient (Wildman–Crippen LogP) is 4.44. The molecule has 1 aliphatic heterocycles. The van der Waals surface area contributed by atoms with Crippen molar-refractivity contribution in [2.45, 2.75) is 12.5 Å². The van der Waals surface area contributed by atoms with Crippen LogP contribution in [0.2, 0.25) is 5.02 Å². The summed E-state index contributed by atoms with van der Waals surface area (Å²) < 4.78 is 0. The van der Waals surface area contributed by atoms with Gasteiger partial charge in [0, 0.05) is 33.1 Å². The zero-order valence-corrected chi connectivity index (χ0v) is 12.9. The van der Waals surface area contributed by atoms with Gasteiger partial charge in [0.2, 0.25) is 0 Å². The number of nitrogens with one attached hydrogen (secondary N) is 2. The van der Waals surface area contributed by atoms with Crippen LogP contribution in [0.25, 0.3) is 10.9 Å². The molecule has 104 valence electrons. The molecule has 3 rings (SSSR count). The first-order valence-corrected chi connectivity index (χ1v) is 8.25. The summed E-state index contributed by atoms with van der Waals surface area (Å²) in [4.78, 5) is 4.83. The summed E-state index contributed by atoms with van der Waals surface area (Å²) in [6.07, 6.45) is 7.06. The van der Waals surface area contributed by atoms with Crippen LogP contribution < -0.4 is 5.32 Å². The molecule has 0 saturated carbocycles. The maximum Gasteiger partial charge on any atom is 0.0791 e. The van der Waals surface area contributed by atoms with Gasteiger partial charge in [0.15, 0.2) is 0 Å². The summed E-state index contributed by atoms with van der Waals surface area (Å²) in [5, 5.41) is 5.63. The Morgan fingerprint density at radius 3 is 3.10 bits per heavy atom. The van der Waals surface area contributed by atoms with Crippen LogP contribution >= 0.6 is 23.4 Å². The number of benzene rings is 1. The minimum Gasteiger partial charge on any atom is -0.357 e. The van der Waals surface area contributed by atoms with Crippen molar-refractivity contribution in [1.29, 1.82) is 0 Å². The fraction of sp³-hybridized carbons (Fsp3) is 0.250. The Morgan fingerprint density at radius 2 is 2.35 bits per heavy atom. The Balaban J connectivity index is 2.15. The molecule has 0 bridgehead atoms. The van der Waals surface area contributed by atoms with E-state index in [1.807, 2.05) is 12.1 Å². The number of H-pyrrole nitrogens is 1. The number of halogens is 1. The number of rotatable bonds is 3. The Hall–Kier alpha value is -1.16. The average molecular weight is 305 g/mol. The SMILES string of the molecule is C=C/C=C(\SC)C1NCCc2c1[nH]c1ccc(Cl)cc21. The second-order valence-corrected chi connectivity index (χ2v) is 6.17. The van der Waals surface area contributed by atoms with E-state index in [4.69, 9.17) is 11.6 Å². The third-order valence-electron chi connectivity index (χ3n) is 3.72. The highest BCUT2D eigenvalue weighted by Gasteiger charge is 2.26. The molecule has 0 fully saturated rings.